The summed E-state index contributed by atoms with van der Waals surface area (Å²) in [6.07, 6.45) is 0. The molecule has 0 saturated heterocycles. The summed E-state index contributed by atoms with van der Waals surface area (Å²) in [5.74, 6) is 0.267. The van der Waals surface area contributed by atoms with E-state index in [0.29, 0.717) is 23.1 Å². The highest BCUT2D eigenvalue weighted by atomic mass is 16.5. The Hall–Kier alpha value is -2.18. The molecule has 0 unspecified atom stereocenters. The van der Waals surface area contributed by atoms with Gasteiger partial charge in [0.15, 0.2) is 5.82 Å². The molecule has 0 aromatic carbocycles. The van der Waals surface area contributed by atoms with Gasteiger partial charge in [0.05, 0.1) is 11.4 Å². The highest BCUT2D eigenvalue weighted by Gasteiger charge is 2.19. The van der Waals surface area contributed by atoms with Gasteiger partial charge in [0.1, 0.15) is 12.1 Å². The lowest BCUT2D eigenvalue weighted by Crippen LogP contribution is -2.06. The first-order valence-corrected chi connectivity index (χ1v) is 6.00. The lowest BCUT2D eigenvalue weighted by atomic mass is 10.2. The monoisotopic (exact) mass is 264 g/mol. The summed E-state index contributed by atoms with van der Waals surface area (Å²) in [5.41, 5.74) is 1.28. The molecule has 0 atom stereocenters. The molecule has 2 aromatic rings. The van der Waals surface area contributed by atoms with Gasteiger partial charge in [-0.3, -0.25) is 4.68 Å². The number of carboxylic acid groups (broad SMARTS) is 1. The first kappa shape index (κ1) is 13.3. The summed E-state index contributed by atoms with van der Waals surface area (Å²) in [6, 6.07) is 0. The van der Waals surface area contributed by atoms with Crippen molar-refractivity contribution in [1.29, 1.82) is 0 Å². The number of carboxylic acids is 1. The highest BCUT2D eigenvalue weighted by Crippen LogP contribution is 2.15. The fourth-order valence-corrected chi connectivity index (χ4v) is 1.86. The number of rotatable bonds is 4. The summed E-state index contributed by atoms with van der Waals surface area (Å²) < 4.78 is 6.69. The molecule has 7 heteroatoms. The van der Waals surface area contributed by atoms with Gasteiger partial charge in [-0.05, 0) is 13.8 Å². The van der Waals surface area contributed by atoms with Crippen LogP contribution < -0.4 is 0 Å². The summed E-state index contributed by atoms with van der Waals surface area (Å²) >= 11 is 0. The van der Waals surface area contributed by atoms with Crippen molar-refractivity contribution in [1.82, 2.24) is 19.9 Å². The molecule has 0 saturated carbocycles. The van der Waals surface area contributed by atoms with Crippen LogP contribution in [0.2, 0.25) is 0 Å². The number of nitrogens with zero attached hydrogens (tertiary/aromatic N) is 4. The molecule has 2 rings (SSSR count). The molecule has 0 aliphatic carbocycles. The van der Waals surface area contributed by atoms with Crippen LogP contribution in [0.1, 0.15) is 53.2 Å². The SMILES string of the molecule is Cc1nn(Cc2nc(C(C)C)no2)c(C)c1C(=O)O. The van der Waals surface area contributed by atoms with Gasteiger partial charge < -0.3 is 9.63 Å². The molecule has 0 amide bonds. The van der Waals surface area contributed by atoms with Crippen LogP contribution in [0.15, 0.2) is 4.52 Å². The zero-order valence-electron chi connectivity index (χ0n) is 11.3. The van der Waals surface area contributed by atoms with Gasteiger partial charge >= 0.3 is 5.97 Å². The molecule has 2 heterocycles. The zero-order valence-corrected chi connectivity index (χ0v) is 11.3. The van der Waals surface area contributed by atoms with E-state index < -0.39 is 5.97 Å². The van der Waals surface area contributed by atoms with E-state index >= 15 is 0 Å². The van der Waals surface area contributed by atoms with Crippen LogP contribution >= 0.6 is 0 Å². The Balaban J connectivity index is 2.28. The predicted molar refractivity (Wildman–Crippen MR) is 66.1 cm³/mol. The van der Waals surface area contributed by atoms with E-state index in [1.54, 1.807) is 18.5 Å². The van der Waals surface area contributed by atoms with Crippen LogP contribution in [0.5, 0.6) is 0 Å². The molecule has 0 bridgehead atoms. The molecule has 0 spiro atoms. The smallest absolute Gasteiger partial charge is 0.339 e. The third-order valence-corrected chi connectivity index (χ3v) is 2.88. The molecule has 7 nitrogen and oxygen atoms in total. The third kappa shape index (κ3) is 2.49. The summed E-state index contributed by atoms with van der Waals surface area (Å²) in [6.45, 7) is 7.60. The van der Waals surface area contributed by atoms with Gasteiger partial charge in [-0.2, -0.15) is 10.1 Å². The Bertz CT molecular complexity index is 613. The second-order valence-corrected chi connectivity index (χ2v) is 4.71. The van der Waals surface area contributed by atoms with E-state index in [0.717, 1.165) is 0 Å². The molecule has 0 fully saturated rings. The van der Waals surface area contributed by atoms with Crippen molar-refractivity contribution >= 4 is 5.97 Å². The summed E-state index contributed by atoms with van der Waals surface area (Å²) in [7, 11) is 0. The maximum atomic E-state index is 11.1. The number of hydrogen-bond donors (Lipinski definition) is 1. The van der Waals surface area contributed by atoms with E-state index in [-0.39, 0.29) is 18.0 Å². The molecular formula is C12H16N4O3. The number of carbonyl (C=O) groups is 1. The topological polar surface area (TPSA) is 94.0 Å². The van der Waals surface area contributed by atoms with Crippen LogP contribution in [0.25, 0.3) is 0 Å². The van der Waals surface area contributed by atoms with E-state index in [1.165, 1.54) is 0 Å². The van der Waals surface area contributed by atoms with E-state index in [9.17, 15) is 4.79 Å². The van der Waals surface area contributed by atoms with Crippen LogP contribution in [0, 0.1) is 13.8 Å². The lowest BCUT2D eigenvalue weighted by Gasteiger charge is -2.00. The first-order chi connectivity index (χ1) is 8.90. The minimum Gasteiger partial charge on any atom is -0.478 e. The average Bonchev–Trinajstić information content (AvgIpc) is 2.85. The molecule has 2 aromatic heterocycles. The van der Waals surface area contributed by atoms with E-state index in [1.807, 2.05) is 13.8 Å². The Morgan fingerprint density at radius 2 is 2.11 bits per heavy atom. The van der Waals surface area contributed by atoms with Gasteiger partial charge in [0, 0.05) is 5.92 Å². The van der Waals surface area contributed by atoms with Crippen LogP contribution in [0.3, 0.4) is 0 Å². The van der Waals surface area contributed by atoms with Crippen molar-refractivity contribution in [2.75, 3.05) is 0 Å². The highest BCUT2D eigenvalue weighted by molar-refractivity contribution is 5.90. The molecule has 0 radical (unpaired) electrons. The number of aryl methyl sites for hydroxylation is 1. The second-order valence-electron chi connectivity index (χ2n) is 4.71. The van der Waals surface area contributed by atoms with Gasteiger partial charge in [-0.15, -0.1) is 0 Å². The Morgan fingerprint density at radius 3 is 2.58 bits per heavy atom. The number of aromatic nitrogens is 4. The Kier molecular flexibility index (Phi) is 3.37. The van der Waals surface area contributed by atoms with Crippen molar-refractivity contribution in [3.63, 3.8) is 0 Å². The quantitative estimate of drug-likeness (QED) is 0.904. The van der Waals surface area contributed by atoms with E-state index in [2.05, 4.69) is 15.2 Å². The van der Waals surface area contributed by atoms with Crippen molar-refractivity contribution in [2.45, 2.75) is 40.2 Å². The predicted octanol–water partition coefficient (Wildman–Crippen LogP) is 1.75. The van der Waals surface area contributed by atoms with Crippen molar-refractivity contribution in [3.05, 3.63) is 28.7 Å². The first-order valence-electron chi connectivity index (χ1n) is 6.00. The molecule has 1 N–H and O–H groups in total. The van der Waals surface area contributed by atoms with Gasteiger partial charge in [0.25, 0.3) is 0 Å². The van der Waals surface area contributed by atoms with Crippen LogP contribution in [0.4, 0.5) is 0 Å². The van der Waals surface area contributed by atoms with Crippen LogP contribution in [-0.2, 0) is 6.54 Å². The summed E-state index contributed by atoms with van der Waals surface area (Å²) in [5, 5.41) is 17.1. The maximum absolute atomic E-state index is 11.1. The third-order valence-electron chi connectivity index (χ3n) is 2.88. The van der Waals surface area contributed by atoms with Crippen LogP contribution in [-0.4, -0.2) is 31.0 Å². The normalized spacial score (nSPS) is 11.2. The van der Waals surface area contributed by atoms with Gasteiger partial charge in [0.2, 0.25) is 5.89 Å². The Labute approximate surface area is 110 Å². The standard InChI is InChI=1S/C12H16N4O3/c1-6(2)11-13-9(19-15-11)5-16-8(4)10(12(17)18)7(3)14-16/h6H,5H2,1-4H3,(H,17,18). The minimum absolute atomic E-state index is 0.188. The summed E-state index contributed by atoms with van der Waals surface area (Å²) in [4.78, 5) is 15.3. The number of hydrogen-bond acceptors (Lipinski definition) is 5. The Morgan fingerprint density at radius 1 is 1.42 bits per heavy atom. The largest absolute Gasteiger partial charge is 0.478 e. The minimum atomic E-state index is -0.977. The second kappa shape index (κ2) is 4.83. The maximum Gasteiger partial charge on any atom is 0.339 e. The molecule has 102 valence electrons. The number of aromatic carboxylic acids is 1. The molecule has 0 aliphatic heterocycles. The molecule has 19 heavy (non-hydrogen) atoms. The van der Waals surface area contributed by atoms with Crippen molar-refractivity contribution < 1.29 is 14.4 Å². The molecular weight excluding hydrogens is 248 g/mol. The lowest BCUT2D eigenvalue weighted by molar-refractivity contribution is 0.0695. The van der Waals surface area contributed by atoms with Crippen molar-refractivity contribution in [3.8, 4) is 0 Å². The fourth-order valence-electron chi connectivity index (χ4n) is 1.86. The average molecular weight is 264 g/mol. The van der Waals surface area contributed by atoms with E-state index in [4.69, 9.17) is 9.63 Å². The van der Waals surface area contributed by atoms with Gasteiger partial charge in [-0.1, -0.05) is 19.0 Å². The zero-order chi connectivity index (χ0) is 14.2. The fraction of sp³-hybridized carbons (Fsp3) is 0.500. The molecule has 0 aliphatic rings. The van der Waals surface area contributed by atoms with Gasteiger partial charge in [-0.25, -0.2) is 4.79 Å². The van der Waals surface area contributed by atoms with Crippen molar-refractivity contribution in [2.24, 2.45) is 0 Å².